The number of rotatable bonds is 5. The third-order valence-electron chi connectivity index (χ3n) is 4.56. The molecule has 4 nitrogen and oxygen atoms in total. The summed E-state index contributed by atoms with van der Waals surface area (Å²) in [7, 11) is 0. The van der Waals surface area contributed by atoms with Gasteiger partial charge in [-0.1, -0.05) is 19.3 Å². The molecule has 2 N–H and O–H groups in total. The molecule has 2 aliphatic carbocycles. The number of anilines is 1. The van der Waals surface area contributed by atoms with Gasteiger partial charge in [0.25, 0.3) is 0 Å². The van der Waals surface area contributed by atoms with Gasteiger partial charge in [-0.25, -0.2) is 9.97 Å². The van der Waals surface area contributed by atoms with Crippen LogP contribution in [-0.4, -0.2) is 16.6 Å². The Morgan fingerprint density at radius 1 is 1.19 bits per heavy atom. The van der Waals surface area contributed by atoms with Crippen molar-refractivity contribution in [2.45, 2.75) is 63.9 Å². The molecule has 0 spiro atoms. The summed E-state index contributed by atoms with van der Waals surface area (Å²) in [4.78, 5) is 9.36. The molecule has 116 valence electrons. The van der Waals surface area contributed by atoms with E-state index in [1.54, 1.807) is 0 Å². The van der Waals surface area contributed by atoms with Gasteiger partial charge >= 0.3 is 0 Å². The van der Waals surface area contributed by atoms with Gasteiger partial charge in [0, 0.05) is 12.5 Å². The van der Waals surface area contributed by atoms with Crippen LogP contribution in [0.15, 0.2) is 4.47 Å². The summed E-state index contributed by atoms with van der Waals surface area (Å²) >= 11 is 3.55. The zero-order chi connectivity index (χ0) is 14.8. The third kappa shape index (κ3) is 3.39. The van der Waals surface area contributed by atoms with Gasteiger partial charge in [0.2, 0.25) is 0 Å². The van der Waals surface area contributed by atoms with Crippen molar-refractivity contribution in [3.8, 4) is 0 Å². The first-order valence-corrected chi connectivity index (χ1v) is 8.94. The number of hydrogen-bond donors (Lipinski definition) is 1. The molecule has 0 aliphatic heterocycles. The van der Waals surface area contributed by atoms with E-state index in [4.69, 9.17) is 15.5 Å². The highest BCUT2D eigenvalue weighted by Crippen LogP contribution is 2.44. The van der Waals surface area contributed by atoms with Gasteiger partial charge in [-0.15, -0.1) is 0 Å². The van der Waals surface area contributed by atoms with Gasteiger partial charge in [0.1, 0.15) is 11.9 Å². The smallest absolute Gasteiger partial charge is 0.160 e. The fourth-order valence-electron chi connectivity index (χ4n) is 3.29. The van der Waals surface area contributed by atoms with Crippen LogP contribution in [0, 0.1) is 5.92 Å². The van der Waals surface area contributed by atoms with Gasteiger partial charge in [-0.3, -0.25) is 0 Å². The first-order valence-electron chi connectivity index (χ1n) is 8.15. The molecular weight excluding hydrogens is 330 g/mol. The van der Waals surface area contributed by atoms with Crippen molar-refractivity contribution in [3.63, 3.8) is 0 Å². The summed E-state index contributed by atoms with van der Waals surface area (Å²) in [6, 6.07) is 0. The maximum absolute atomic E-state index is 6.10. The zero-order valence-electron chi connectivity index (χ0n) is 12.6. The van der Waals surface area contributed by atoms with Gasteiger partial charge in [0.15, 0.2) is 5.82 Å². The first kappa shape index (κ1) is 15.2. The van der Waals surface area contributed by atoms with Crippen LogP contribution in [0.4, 0.5) is 5.82 Å². The lowest BCUT2D eigenvalue weighted by Crippen LogP contribution is -2.22. The lowest BCUT2D eigenvalue weighted by atomic mass is 9.85. The molecule has 0 saturated heterocycles. The van der Waals surface area contributed by atoms with Crippen molar-refractivity contribution < 1.29 is 4.74 Å². The van der Waals surface area contributed by atoms with E-state index in [0.29, 0.717) is 24.3 Å². The Morgan fingerprint density at radius 2 is 1.90 bits per heavy atom. The quantitative estimate of drug-likeness (QED) is 0.854. The second-order valence-corrected chi connectivity index (χ2v) is 7.01. The fourth-order valence-corrected chi connectivity index (χ4v) is 3.79. The lowest BCUT2D eigenvalue weighted by Gasteiger charge is -2.29. The first-order chi connectivity index (χ1) is 10.2. The van der Waals surface area contributed by atoms with E-state index >= 15 is 0 Å². The summed E-state index contributed by atoms with van der Waals surface area (Å²) < 4.78 is 6.90. The molecule has 0 amide bonds. The second kappa shape index (κ2) is 6.61. The van der Waals surface area contributed by atoms with E-state index in [1.165, 1.54) is 44.9 Å². The van der Waals surface area contributed by atoms with Crippen LogP contribution in [0.2, 0.25) is 0 Å². The molecule has 1 aromatic rings. The number of nitrogens with zero attached hydrogens (tertiary/aromatic N) is 2. The van der Waals surface area contributed by atoms with Crippen molar-refractivity contribution >= 4 is 21.7 Å². The standard InChI is InChI=1S/C16H24BrN3O/c1-2-21-14(11-6-4-3-5-7-11)16-19-13(10-8-9-10)12(17)15(18)20-16/h10-11,14H,2-9H2,1H3,(H2,18,19,20). The molecule has 1 atom stereocenters. The van der Waals surface area contributed by atoms with Crippen LogP contribution in [-0.2, 0) is 4.74 Å². The van der Waals surface area contributed by atoms with Crippen LogP contribution in [0.25, 0.3) is 0 Å². The van der Waals surface area contributed by atoms with Crippen molar-refractivity contribution in [1.82, 2.24) is 9.97 Å². The Kier molecular flexibility index (Phi) is 4.79. The number of ether oxygens (including phenoxy) is 1. The predicted octanol–water partition coefficient (Wildman–Crippen LogP) is 4.36. The van der Waals surface area contributed by atoms with Crippen LogP contribution in [0.1, 0.15) is 75.4 Å². The molecule has 2 fully saturated rings. The highest BCUT2D eigenvalue weighted by atomic mass is 79.9. The largest absolute Gasteiger partial charge is 0.383 e. The zero-order valence-corrected chi connectivity index (χ0v) is 14.2. The second-order valence-electron chi connectivity index (χ2n) is 6.21. The monoisotopic (exact) mass is 353 g/mol. The molecule has 5 heteroatoms. The summed E-state index contributed by atoms with van der Waals surface area (Å²) in [5, 5.41) is 0. The Labute approximate surface area is 135 Å². The average Bonchev–Trinajstić information content (AvgIpc) is 3.33. The Balaban J connectivity index is 1.90. The SMILES string of the molecule is CCOC(c1nc(N)c(Br)c(C2CC2)n1)C1CCCCC1. The minimum Gasteiger partial charge on any atom is -0.383 e. The van der Waals surface area contributed by atoms with Crippen molar-refractivity contribution in [2.75, 3.05) is 12.3 Å². The summed E-state index contributed by atoms with van der Waals surface area (Å²) in [6.45, 7) is 2.74. The molecule has 3 rings (SSSR count). The molecular formula is C16H24BrN3O. The van der Waals surface area contributed by atoms with E-state index in [0.717, 1.165) is 16.0 Å². The van der Waals surface area contributed by atoms with Crippen LogP contribution >= 0.6 is 15.9 Å². The summed E-state index contributed by atoms with van der Waals surface area (Å²) in [5.74, 6) is 2.44. The maximum atomic E-state index is 6.10. The topological polar surface area (TPSA) is 61.0 Å². The highest BCUT2D eigenvalue weighted by Gasteiger charge is 2.33. The van der Waals surface area contributed by atoms with Gasteiger partial charge in [0.05, 0.1) is 10.2 Å². The molecule has 21 heavy (non-hydrogen) atoms. The van der Waals surface area contributed by atoms with E-state index in [9.17, 15) is 0 Å². The van der Waals surface area contributed by atoms with Gasteiger partial charge in [-0.05, 0) is 54.5 Å². The van der Waals surface area contributed by atoms with Crippen molar-refractivity contribution in [1.29, 1.82) is 0 Å². The Hall–Kier alpha value is -0.680. The number of nitrogens with two attached hydrogens (primary N) is 1. The lowest BCUT2D eigenvalue weighted by molar-refractivity contribution is -0.000245. The van der Waals surface area contributed by atoms with Crippen LogP contribution in [0.5, 0.6) is 0 Å². The molecule has 1 heterocycles. The molecule has 2 aliphatic rings. The normalized spacial score (nSPS) is 21.4. The molecule has 0 aromatic carbocycles. The maximum Gasteiger partial charge on any atom is 0.160 e. The molecule has 1 aromatic heterocycles. The third-order valence-corrected chi connectivity index (χ3v) is 5.37. The van der Waals surface area contributed by atoms with Crippen molar-refractivity contribution in [3.05, 3.63) is 16.0 Å². The fraction of sp³-hybridized carbons (Fsp3) is 0.750. The van der Waals surface area contributed by atoms with Gasteiger partial charge in [-0.2, -0.15) is 0 Å². The molecule has 0 bridgehead atoms. The molecule has 2 saturated carbocycles. The molecule has 0 radical (unpaired) electrons. The predicted molar refractivity (Wildman–Crippen MR) is 87.1 cm³/mol. The average molecular weight is 354 g/mol. The Morgan fingerprint density at radius 3 is 2.52 bits per heavy atom. The Bertz CT molecular complexity index is 499. The van der Waals surface area contributed by atoms with Crippen LogP contribution < -0.4 is 5.73 Å². The van der Waals surface area contributed by atoms with Gasteiger partial charge < -0.3 is 10.5 Å². The summed E-state index contributed by atoms with van der Waals surface area (Å²) in [6.07, 6.45) is 8.75. The molecule has 1 unspecified atom stereocenters. The van der Waals surface area contributed by atoms with Crippen molar-refractivity contribution in [2.24, 2.45) is 5.92 Å². The minimum atomic E-state index is 0.00296. The van der Waals surface area contributed by atoms with E-state index in [1.807, 2.05) is 6.92 Å². The number of nitrogen functional groups attached to an aromatic ring is 1. The van der Waals surface area contributed by atoms with E-state index in [2.05, 4.69) is 20.9 Å². The van der Waals surface area contributed by atoms with E-state index in [-0.39, 0.29) is 6.10 Å². The summed E-state index contributed by atoms with van der Waals surface area (Å²) in [5.41, 5.74) is 7.18. The van der Waals surface area contributed by atoms with Crippen LogP contribution in [0.3, 0.4) is 0 Å². The number of aromatic nitrogens is 2. The number of halogens is 1. The minimum absolute atomic E-state index is 0.00296. The van der Waals surface area contributed by atoms with E-state index < -0.39 is 0 Å². The number of hydrogen-bond acceptors (Lipinski definition) is 4. The highest BCUT2D eigenvalue weighted by molar-refractivity contribution is 9.10.